The Kier molecular flexibility index (Phi) is 5.51. The summed E-state index contributed by atoms with van der Waals surface area (Å²) in [5, 5.41) is 0.898. The van der Waals surface area contributed by atoms with E-state index in [2.05, 4.69) is 15.9 Å². The van der Waals surface area contributed by atoms with E-state index in [0.717, 1.165) is 28.3 Å². The van der Waals surface area contributed by atoms with E-state index in [1.807, 2.05) is 25.1 Å². The zero-order chi connectivity index (χ0) is 19.7. The summed E-state index contributed by atoms with van der Waals surface area (Å²) in [6, 6.07) is 12.2. The summed E-state index contributed by atoms with van der Waals surface area (Å²) >= 11 is 3.43. The number of carbonyl (C=O) groups is 1. The number of furan rings is 1. The Morgan fingerprint density at radius 2 is 2.11 bits per heavy atom. The van der Waals surface area contributed by atoms with Crippen LogP contribution >= 0.6 is 15.9 Å². The second kappa shape index (κ2) is 8.05. The van der Waals surface area contributed by atoms with Gasteiger partial charge in [-0.25, -0.2) is 4.39 Å². The van der Waals surface area contributed by atoms with E-state index in [9.17, 15) is 9.18 Å². The number of hydrogen-bond acceptors (Lipinski definition) is 3. The van der Waals surface area contributed by atoms with Gasteiger partial charge < -0.3 is 14.1 Å². The van der Waals surface area contributed by atoms with Crippen LogP contribution in [0.15, 0.2) is 51.4 Å². The van der Waals surface area contributed by atoms with E-state index >= 15 is 0 Å². The quantitative estimate of drug-likeness (QED) is 0.523. The predicted octanol–water partition coefficient (Wildman–Crippen LogP) is 5.46. The second-order valence-corrected chi connectivity index (χ2v) is 8.02. The number of aryl methyl sites for hydroxylation is 1. The highest BCUT2D eigenvalue weighted by Gasteiger charge is 2.28. The molecular weight excluding hydrogens is 425 g/mol. The van der Waals surface area contributed by atoms with Crippen LogP contribution in [0.4, 0.5) is 4.39 Å². The van der Waals surface area contributed by atoms with Gasteiger partial charge in [0, 0.05) is 40.7 Å². The molecule has 1 saturated heterocycles. The monoisotopic (exact) mass is 445 g/mol. The highest BCUT2D eigenvalue weighted by atomic mass is 79.9. The van der Waals surface area contributed by atoms with Crippen LogP contribution in [0.25, 0.3) is 11.0 Å². The molecule has 1 atom stereocenters. The van der Waals surface area contributed by atoms with Crippen LogP contribution in [0.5, 0.6) is 0 Å². The summed E-state index contributed by atoms with van der Waals surface area (Å²) in [7, 11) is 0. The Morgan fingerprint density at radius 3 is 2.86 bits per heavy atom. The van der Waals surface area contributed by atoms with Crippen molar-refractivity contribution in [3.05, 3.63) is 69.6 Å². The van der Waals surface area contributed by atoms with Gasteiger partial charge in [-0.15, -0.1) is 0 Å². The zero-order valence-corrected chi connectivity index (χ0v) is 17.2. The number of carbonyl (C=O) groups excluding carboxylic acids is 1. The van der Waals surface area contributed by atoms with Crippen molar-refractivity contribution in [3.8, 4) is 0 Å². The molecule has 0 radical (unpaired) electrons. The topological polar surface area (TPSA) is 42.7 Å². The van der Waals surface area contributed by atoms with Crippen molar-refractivity contribution in [1.29, 1.82) is 0 Å². The van der Waals surface area contributed by atoms with Gasteiger partial charge in [0.15, 0.2) is 5.76 Å². The first-order valence-electron chi connectivity index (χ1n) is 9.36. The lowest BCUT2D eigenvalue weighted by atomic mass is 10.1. The zero-order valence-electron chi connectivity index (χ0n) is 15.6. The molecule has 1 aromatic heterocycles. The SMILES string of the molecule is Cc1c(C(=O)N(Cc2ccccc2F)CC2CCCO2)oc2cc(Br)ccc12. The lowest BCUT2D eigenvalue weighted by molar-refractivity contribution is 0.0482. The van der Waals surface area contributed by atoms with Crippen LogP contribution in [0.2, 0.25) is 0 Å². The average molecular weight is 446 g/mol. The first kappa shape index (κ1) is 19.2. The van der Waals surface area contributed by atoms with Gasteiger partial charge in [-0.05, 0) is 44.0 Å². The van der Waals surface area contributed by atoms with Crippen molar-refractivity contribution in [2.75, 3.05) is 13.2 Å². The number of amides is 1. The maximum atomic E-state index is 14.2. The van der Waals surface area contributed by atoms with Crippen molar-refractivity contribution >= 4 is 32.8 Å². The van der Waals surface area contributed by atoms with Gasteiger partial charge in [0.2, 0.25) is 0 Å². The fourth-order valence-corrected chi connectivity index (χ4v) is 3.97. The Hall–Kier alpha value is -2.18. The molecule has 2 aromatic carbocycles. The Morgan fingerprint density at radius 1 is 1.29 bits per heavy atom. The minimum atomic E-state index is -0.321. The normalized spacial score (nSPS) is 16.6. The molecule has 28 heavy (non-hydrogen) atoms. The molecule has 1 aliphatic heterocycles. The Bertz CT molecular complexity index is 1010. The highest BCUT2D eigenvalue weighted by Crippen LogP contribution is 2.29. The number of rotatable bonds is 5. The Labute approximate surface area is 171 Å². The number of ether oxygens (including phenoxy) is 1. The third-order valence-corrected chi connectivity index (χ3v) is 5.64. The average Bonchev–Trinajstić information content (AvgIpc) is 3.30. The van der Waals surface area contributed by atoms with Crippen molar-refractivity contribution in [1.82, 2.24) is 4.90 Å². The van der Waals surface area contributed by atoms with E-state index in [4.69, 9.17) is 9.15 Å². The lowest BCUT2D eigenvalue weighted by Crippen LogP contribution is -2.37. The van der Waals surface area contributed by atoms with Crippen molar-refractivity contribution in [2.24, 2.45) is 0 Å². The van der Waals surface area contributed by atoms with E-state index in [1.54, 1.807) is 23.1 Å². The lowest BCUT2D eigenvalue weighted by Gasteiger charge is -2.25. The number of halogens is 2. The molecule has 4 rings (SSSR count). The van der Waals surface area contributed by atoms with Crippen LogP contribution in [-0.2, 0) is 11.3 Å². The summed E-state index contributed by atoms with van der Waals surface area (Å²) in [6.07, 6.45) is 1.84. The molecule has 2 heterocycles. The number of benzene rings is 2. The van der Waals surface area contributed by atoms with Crippen molar-refractivity contribution in [3.63, 3.8) is 0 Å². The number of nitrogens with zero attached hydrogens (tertiary/aromatic N) is 1. The van der Waals surface area contributed by atoms with E-state index in [0.29, 0.717) is 30.1 Å². The van der Waals surface area contributed by atoms with E-state index in [1.165, 1.54) is 6.07 Å². The highest BCUT2D eigenvalue weighted by molar-refractivity contribution is 9.10. The molecule has 0 saturated carbocycles. The molecule has 0 aliphatic carbocycles. The van der Waals surface area contributed by atoms with Crippen LogP contribution in [0.3, 0.4) is 0 Å². The molecule has 1 unspecified atom stereocenters. The van der Waals surface area contributed by atoms with Gasteiger partial charge >= 0.3 is 0 Å². The maximum absolute atomic E-state index is 14.2. The van der Waals surface area contributed by atoms with Gasteiger partial charge in [-0.3, -0.25) is 4.79 Å². The van der Waals surface area contributed by atoms with Crippen molar-refractivity contribution in [2.45, 2.75) is 32.4 Å². The molecule has 0 bridgehead atoms. The van der Waals surface area contributed by atoms with E-state index in [-0.39, 0.29) is 24.4 Å². The molecule has 6 heteroatoms. The summed E-state index contributed by atoms with van der Waals surface area (Å²) in [5.41, 5.74) is 1.92. The third kappa shape index (κ3) is 3.84. The summed E-state index contributed by atoms with van der Waals surface area (Å²) < 4.78 is 26.7. The summed E-state index contributed by atoms with van der Waals surface area (Å²) in [4.78, 5) is 15.0. The molecule has 4 nitrogen and oxygen atoms in total. The molecule has 146 valence electrons. The van der Waals surface area contributed by atoms with Crippen LogP contribution in [0.1, 0.15) is 34.5 Å². The number of fused-ring (bicyclic) bond motifs is 1. The molecule has 0 spiro atoms. The minimum Gasteiger partial charge on any atom is -0.451 e. The smallest absolute Gasteiger partial charge is 0.290 e. The molecule has 1 fully saturated rings. The molecule has 3 aromatic rings. The van der Waals surface area contributed by atoms with Gasteiger partial charge in [0.05, 0.1) is 6.10 Å². The van der Waals surface area contributed by atoms with Crippen LogP contribution < -0.4 is 0 Å². The van der Waals surface area contributed by atoms with Crippen LogP contribution in [0, 0.1) is 12.7 Å². The van der Waals surface area contributed by atoms with Crippen LogP contribution in [-0.4, -0.2) is 30.1 Å². The maximum Gasteiger partial charge on any atom is 0.290 e. The van der Waals surface area contributed by atoms with Gasteiger partial charge in [-0.2, -0.15) is 0 Å². The fraction of sp³-hybridized carbons (Fsp3) is 0.318. The third-order valence-electron chi connectivity index (χ3n) is 5.15. The molecule has 1 aliphatic rings. The molecule has 0 N–H and O–H groups in total. The number of hydrogen-bond donors (Lipinski definition) is 0. The molecular formula is C22H21BrFNO3. The Balaban J connectivity index is 1.67. The largest absolute Gasteiger partial charge is 0.451 e. The first-order valence-corrected chi connectivity index (χ1v) is 10.1. The van der Waals surface area contributed by atoms with Crippen molar-refractivity contribution < 1.29 is 18.3 Å². The summed E-state index contributed by atoms with van der Waals surface area (Å²) in [5.74, 6) is -0.274. The predicted molar refractivity (Wildman–Crippen MR) is 109 cm³/mol. The minimum absolute atomic E-state index is 0.0328. The summed E-state index contributed by atoms with van der Waals surface area (Å²) in [6.45, 7) is 3.16. The fourth-order valence-electron chi connectivity index (χ4n) is 3.63. The molecule has 1 amide bonds. The standard InChI is InChI=1S/C22H21BrFNO3/c1-14-18-9-8-16(23)11-20(18)28-21(14)22(26)25(13-17-6-4-10-27-17)12-15-5-2-3-7-19(15)24/h2-3,5,7-9,11,17H,4,6,10,12-13H2,1H3. The van der Waals surface area contributed by atoms with Gasteiger partial charge in [-0.1, -0.05) is 34.1 Å². The van der Waals surface area contributed by atoms with E-state index < -0.39 is 0 Å². The van der Waals surface area contributed by atoms with Gasteiger partial charge in [0.25, 0.3) is 5.91 Å². The first-order chi connectivity index (χ1) is 13.5. The van der Waals surface area contributed by atoms with Gasteiger partial charge in [0.1, 0.15) is 11.4 Å². The second-order valence-electron chi connectivity index (χ2n) is 7.11.